The van der Waals surface area contributed by atoms with Crippen molar-refractivity contribution in [1.29, 1.82) is 0 Å². The van der Waals surface area contributed by atoms with Gasteiger partial charge in [0.2, 0.25) is 5.43 Å². The van der Waals surface area contributed by atoms with Gasteiger partial charge < -0.3 is 15.0 Å². The first-order valence-electron chi connectivity index (χ1n) is 9.08. The molecule has 0 saturated heterocycles. The lowest BCUT2D eigenvalue weighted by Gasteiger charge is -2.14. The zero-order chi connectivity index (χ0) is 21.3. The predicted octanol–water partition coefficient (Wildman–Crippen LogP) is 2.91. The number of halogens is 1. The minimum absolute atomic E-state index is 0.170. The number of aryl methyl sites for hydroxylation is 1. The summed E-state index contributed by atoms with van der Waals surface area (Å²) in [6.45, 7) is 2.00. The first kappa shape index (κ1) is 19.3. The number of benzene rings is 2. The monoisotopic (exact) mass is 404 g/mol. The Bertz CT molecular complexity index is 1300. The molecular formula is C22H17FN4O3. The fourth-order valence-electron chi connectivity index (χ4n) is 3.05. The highest BCUT2D eigenvalue weighted by Crippen LogP contribution is 2.23. The average molecular weight is 404 g/mol. The van der Waals surface area contributed by atoms with Crippen molar-refractivity contribution in [1.82, 2.24) is 14.5 Å². The highest BCUT2D eigenvalue weighted by atomic mass is 19.1. The molecule has 0 spiro atoms. The fourth-order valence-corrected chi connectivity index (χ4v) is 3.05. The molecule has 0 saturated carbocycles. The van der Waals surface area contributed by atoms with Crippen molar-refractivity contribution in [2.45, 2.75) is 13.5 Å². The maximum absolute atomic E-state index is 13.3. The molecule has 0 aliphatic carbocycles. The Morgan fingerprint density at radius 2 is 1.83 bits per heavy atom. The Hall–Kier alpha value is -4.07. The van der Waals surface area contributed by atoms with Gasteiger partial charge in [0.25, 0.3) is 5.91 Å². The van der Waals surface area contributed by atoms with Gasteiger partial charge in [0.1, 0.15) is 29.6 Å². The van der Waals surface area contributed by atoms with E-state index >= 15 is 0 Å². The number of primary amides is 1. The number of hydrogen-bond acceptors (Lipinski definition) is 5. The number of hydrogen-bond donors (Lipinski definition) is 1. The highest BCUT2D eigenvalue weighted by molar-refractivity contribution is 5.96. The van der Waals surface area contributed by atoms with Crippen LogP contribution in [0.3, 0.4) is 0 Å². The molecule has 8 heteroatoms. The molecule has 30 heavy (non-hydrogen) atoms. The number of nitrogens with zero attached hydrogens (tertiary/aromatic N) is 3. The van der Waals surface area contributed by atoms with Crippen molar-refractivity contribution in [3.05, 3.63) is 94.0 Å². The standard InChI is InChI=1S/C22H17FN4O3/c1-13-25-9-14(10-26-13)12-30-17-6-7-20-18(8-17)21(28)19(22(24)29)11-27(20)16-4-2-15(23)3-5-16/h2-11H,12H2,1H3,(H2,24,29). The number of fused-ring (bicyclic) bond motifs is 1. The Morgan fingerprint density at radius 1 is 1.13 bits per heavy atom. The molecule has 0 radical (unpaired) electrons. The lowest BCUT2D eigenvalue weighted by molar-refractivity contribution is 0.0999. The van der Waals surface area contributed by atoms with Gasteiger partial charge in [-0.2, -0.15) is 0 Å². The summed E-state index contributed by atoms with van der Waals surface area (Å²) in [5.41, 5.74) is 6.62. The summed E-state index contributed by atoms with van der Waals surface area (Å²) in [5, 5.41) is 0.258. The van der Waals surface area contributed by atoms with E-state index in [1.165, 1.54) is 18.3 Å². The van der Waals surface area contributed by atoms with Gasteiger partial charge in [0, 0.05) is 29.8 Å². The topological polar surface area (TPSA) is 100 Å². The Morgan fingerprint density at radius 3 is 2.50 bits per heavy atom. The average Bonchev–Trinajstić information content (AvgIpc) is 2.74. The first-order valence-corrected chi connectivity index (χ1v) is 9.08. The van der Waals surface area contributed by atoms with Crippen LogP contribution in [0.5, 0.6) is 5.75 Å². The zero-order valence-electron chi connectivity index (χ0n) is 16.0. The van der Waals surface area contributed by atoms with Gasteiger partial charge in [-0.15, -0.1) is 0 Å². The third-order valence-corrected chi connectivity index (χ3v) is 4.59. The van der Waals surface area contributed by atoms with Crippen LogP contribution < -0.4 is 15.9 Å². The van der Waals surface area contributed by atoms with Gasteiger partial charge in [0.05, 0.1) is 10.9 Å². The third-order valence-electron chi connectivity index (χ3n) is 4.59. The normalized spacial score (nSPS) is 10.9. The molecule has 0 aliphatic heterocycles. The fraction of sp³-hybridized carbons (Fsp3) is 0.0909. The predicted molar refractivity (Wildman–Crippen MR) is 109 cm³/mol. The second-order valence-corrected chi connectivity index (χ2v) is 6.69. The van der Waals surface area contributed by atoms with Gasteiger partial charge >= 0.3 is 0 Å². The summed E-state index contributed by atoms with van der Waals surface area (Å²) in [5.74, 6) is -0.145. The molecule has 2 heterocycles. The van der Waals surface area contributed by atoms with Crippen LogP contribution in [0.4, 0.5) is 4.39 Å². The van der Waals surface area contributed by atoms with E-state index in [9.17, 15) is 14.0 Å². The number of aromatic nitrogens is 3. The Balaban J connectivity index is 1.79. The lowest BCUT2D eigenvalue weighted by Crippen LogP contribution is -2.24. The number of nitrogens with two attached hydrogens (primary N) is 1. The minimum atomic E-state index is -0.846. The summed E-state index contributed by atoms with van der Waals surface area (Å²) in [4.78, 5) is 32.9. The molecule has 0 aliphatic rings. The van der Waals surface area contributed by atoms with Gasteiger partial charge in [0.15, 0.2) is 0 Å². The largest absolute Gasteiger partial charge is 0.489 e. The molecule has 2 N–H and O–H groups in total. The van der Waals surface area contributed by atoms with Crippen LogP contribution in [0.1, 0.15) is 21.7 Å². The van der Waals surface area contributed by atoms with Crippen LogP contribution in [0, 0.1) is 12.7 Å². The molecule has 4 aromatic rings. The number of amides is 1. The number of pyridine rings is 1. The van der Waals surface area contributed by atoms with Crippen LogP contribution in [-0.4, -0.2) is 20.4 Å². The van der Waals surface area contributed by atoms with E-state index in [2.05, 4.69) is 9.97 Å². The number of ether oxygens (including phenoxy) is 1. The molecule has 0 fully saturated rings. The molecule has 4 rings (SSSR count). The molecule has 1 amide bonds. The van der Waals surface area contributed by atoms with Crippen LogP contribution >= 0.6 is 0 Å². The number of carbonyl (C=O) groups is 1. The van der Waals surface area contributed by atoms with Crippen molar-refractivity contribution in [2.24, 2.45) is 5.73 Å². The van der Waals surface area contributed by atoms with Gasteiger partial charge in [-0.3, -0.25) is 9.59 Å². The Labute approximate surface area is 170 Å². The van der Waals surface area contributed by atoms with Crippen LogP contribution in [0.15, 0.2) is 65.8 Å². The number of rotatable bonds is 5. The molecular weight excluding hydrogens is 387 g/mol. The van der Waals surface area contributed by atoms with Crippen molar-refractivity contribution in [2.75, 3.05) is 0 Å². The smallest absolute Gasteiger partial charge is 0.254 e. The number of carbonyl (C=O) groups excluding carboxylic acids is 1. The second kappa shape index (κ2) is 7.75. The van der Waals surface area contributed by atoms with Crippen LogP contribution in [-0.2, 0) is 6.61 Å². The summed E-state index contributed by atoms with van der Waals surface area (Å²) < 4.78 is 20.7. The van der Waals surface area contributed by atoms with E-state index in [1.807, 2.05) is 0 Å². The third kappa shape index (κ3) is 3.75. The van der Waals surface area contributed by atoms with Gasteiger partial charge in [-0.05, 0) is 49.4 Å². The van der Waals surface area contributed by atoms with Gasteiger partial charge in [-0.1, -0.05) is 0 Å². The zero-order valence-corrected chi connectivity index (χ0v) is 16.0. The van der Waals surface area contributed by atoms with E-state index in [1.54, 1.807) is 54.2 Å². The minimum Gasteiger partial charge on any atom is -0.489 e. The molecule has 150 valence electrons. The van der Waals surface area contributed by atoms with E-state index in [-0.39, 0.29) is 17.6 Å². The van der Waals surface area contributed by atoms with Crippen molar-refractivity contribution < 1.29 is 13.9 Å². The van der Waals surface area contributed by atoms with E-state index in [0.29, 0.717) is 22.8 Å². The van der Waals surface area contributed by atoms with Crippen LogP contribution in [0.2, 0.25) is 0 Å². The van der Waals surface area contributed by atoms with E-state index < -0.39 is 17.2 Å². The van der Waals surface area contributed by atoms with Crippen LogP contribution in [0.25, 0.3) is 16.6 Å². The van der Waals surface area contributed by atoms with Crippen molar-refractivity contribution >= 4 is 16.8 Å². The summed E-state index contributed by atoms with van der Waals surface area (Å²) in [6.07, 6.45) is 4.69. The molecule has 0 bridgehead atoms. The summed E-state index contributed by atoms with van der Waals surface area (Å²) in [7, 11) is 0. The maximum Gasteiger partial charge on any atom is 0.254 e. The highest BCUT2D eigenvalue weighted by Gasteiger charge is 2.15. The van der Waals surface area contributed by atoms with Gasteiger partial charge in [-0.25, -0.2) is 14.4 Å². The van der Waals surface area contributed by atoms with E-state index in [0.717, 1.165) is 5.56 Å². The summed E-state index contributed by atoms with van der Waals surface area (Å²) in [6, 6.07) is 10.7. The summed E-state index contributed by atoms with van der Waals surface area (Å²) >= 11 is 0. The molecule has 2 aromatic heterocycles. The molecule has 0 unspecified atom stereocenters. The maximum atomic E-state index is 13.3. The SMILES string of the molecule is Cc1ncc(COc2ccc3c(c2)c(=O)c(C(N)=O)cn3-c2ccc(F)cc2)cn1. The molecule has 2 aromatic carbocycles. The quantitative estimate of drug-likeness (QED) is 0.551. The van der Waals surface area contributed by atoms with E-state index in [4.69, 9.17) is 10.5 Å². The second-order valence-electron chi connectivity index (χ2n) is 6.69. The Kier molecular flexibility index (Phi) is 4.97. The molecule has 0 atom stereocenters. The first-order chi connectivity index (χ1) is 14.4. The van der Waals surface area contributed by atoms with Crippen molar-refractivity contribution in [3.63, 3.8) is 0 Å². The lowest BCUT2D eigenvalue weighted by atomic mass is 10.1. The van der Waals surface area contributed by atoms with Crippen molar-refractivity contribution in [3.8, 4) is 11.4 Å². The molecule has 7 nitrogen and oxygen atoms in total.